The number of aromatic nitrogens is 2. The SMILES string of the molecule is Cc1ccc(C(=O)NNC(=O)CSc2ncc(C#N)c(N)n2)cc1. The van der Waals surface area contributed by atoms with E-state index >= 15 is 0 Å². The molecule has 1 heterocycles. The average Bonchev–Trinajstić information content (AvgIpc) is 2.58. The van der Waals surface area contributed by atoms with Crippen LogP contribution in [0.2, 0.25) is 0 Å². The van der Waals surface area contributed by atoms with Gasteiger partial charge in [0.15, 0.2) is 5.16 Å². The number of anilines is 1. The molecule has 0 aliphatic heterocycles. The third-order valence-electron chi connectivity index (χ3n) is 2.88. The number of aryl methyl sites for hydroxylation is 1. The van der Waals surface area contributed by atoms with Gasteiger partial charge in [-0.1, -0.05) is 29.5 Å². The molecule has 0 spiro atoms. The number of nitrogens with two attached hydrogens (primary N) is 1. The highest BCUT2D eigenvalue weighted by atomic mass is 32.2. The van der Waals surface area contributed by atoms with Gasteiger partial charge in [0.2, 0.25) is 5.91 Å². The first-order valence-electron chi connectivity index (χ1n) is 6.81. The Labute approximate surface area is 142 Å². The second-order valence-corrected chi connectivity index (χ2v) is 5.66. The molecule has 8 nitrogen and oxygen atoms in total. The van der Waals surface area contributed by atoms with Gasteiger partial charge in [0.1, 0.15) is 17.5 Å². The molecule has 2 aromatic rings. The molecule has 0 radical (unpaired) electrons. The third kappa shape index (κ3) is 4.69. The zero-order chi connectivity index (χ0) is 17.5. The molecule has 2 amide bonds. The van der Waals surface area contributed by atoms with Crippen molar-refractivity contribution < 1.29 is 9.59 Å². The number of nitrogens with one attached hydrogen (secondary N) is 2. The van der Waals surface area contributed by atoms with Crippen molar-refractivity contribution in [2.45, 2.75) is 12.1 Å². The average molecular weight is 342 g/mol. The Balaban J connectivity index is 1.81. The van der Waals surface area contributed by atoms with E-state index in [0.29, 0.717) is 5.56 Å². The molecule has 122 valence electrons. The Morgan fingerprint density at radius 2 is 2.00 bits per heavy atom. The second-order valence-electron chi connectivity index (χ2n) is 4.72. The van der Waals surface area contributed by atoms with E-state index in [-0.39, 0.29) is 22.3 Å². The topological polar surface area (TPSA) is 134 Å². The molecule has 0 aliphatic carbocycles. The lowest BCUT2D eigenvalue weighted by molar-refractivity contribution is -0.119. The van der Waals surface area contributed by atoms with Crippen LogP contribution < -0.4 is 16.6 Å². The summed E-state index contributed by atoms with van der Waals surface area (Å²) in [6.07, 6.45) is 1.29. The van der Waals surface area contributed by atoms with Crippen LogP contribution in [0.4, 0.5) is 5.82 Å². The van der Waals surface area contributed by atoms with Crippen molar-refractivity contribution in [1.82, 2.24) is 20.8 Å². The van der Waals surface area contributed by atoms with E-state index in [1.807, 2.05) is 13.0 Å². The molecule has 4 N–H and O–H groups in total. The van der Waals surface area contributed by atoms with Crippen LogP contribution in [0.15, 0.2) is 35.6 Å². The van der Waals surface area contributed by atoms with E-state index < -0.39 is 11.8 Å². The molecule has 1 aromatic carbocycles. The van der Waals surface area contributed by atoms with Crippen molar-refractivity contribution in [3.63, 3.8) is 0 Å². The number of thioether (sulfide) groups is 1. The minimum absolute atomic E-state index is 0.0144. The fourth-order valence-electron chi connectivity index (χ4n) is 1.60. The Kier molecular flexibility index (Phi) is 5.70. The Morgan fingerprint density at radius 1 is 1.29 bits per heavy atom. The van der Waals surface area contributed by atoms with E-state index in [1.165, 1.54) is 6.20 Å². The normalized spacial score (nSPS) is 9.83. The summed E-state index contributed by atoms with van der Waals surface area (Å²) in [5.41, 5.74) is 11.8. The highest BCUT2D eigenvalue weighted by Gasteiger charge is 2.09. The van der Waals surface area contributed by atoms with Gasteiger partial charge >= 0.3 is 0 Å². The molecular formula is C15H14N6O2S. The number of nitriles is 1. The number of nitrogen functional groups attached to an aromatic ring is 1. The zero-order valence-electron chi connectivity index (χ0n) is 12.7. The second kappa shape index (κ2) is 7.94. The summed E-state index contributed by atoms with van der Waals surface area (Å²) in [7, 11) is 0. The maximum absolute atomic E-state index is 11.8. The Morgan fingerprint density at radius 3 is 2.62 bits per heavy atom. The van der Waals surface area contributed by atoms with Gasteiger partial charge in [0, 0.05) is 5.56 Å². The summed E-state index contributed by atoms with van der Waals surface area (Å²) in [6.45, 7) is 1.92. The van der Waals surface area contributed by atoms with Gasteiger partial charge in [0.05, 0.1) is 11.9 Å². The van der Waals surface area contributed by atoms with Gasteiger partial charge in [-0.3, -0.25) is 20.4 Å². The molecule has 0 unspecified atom stereocenters. The van der Waals surface area contributed by atoms with Crippen LogP contribution in [0, 0.1) is 18.3 Å². The summed E-state index contributed by atoms with van der Waals surface area (Å²) in [5.74, 6) is -0.790. The van der Waals surface area contributed by atoms with Crippen LogP contribution in [-0.4, -0.2) is 27.5 Å². The highest BCUT2D eigenvalue weighted by molar-refractivity contribution is 7.99. The summed E-state index contributed by atoms with van der Waals surface area (Å²) < 4.78 is 0. The van der Waals surface area contributed by atoms with Crippen LogP contribution in [0.3, 0.4) is 0 Å². The molecule has 9 heteroatoms. The third-order valence-corrected chi connectivity index (χ3v) is 3.74. The minimum Gasteiger partial charge on any atom is -0.382 e. The molecule has 0 bridgehead atoms. The van der Waals surface area contributed by atoms with Crippen LogP contribution in [-0.2, 0) is 4.79 Å². The van der Waals surface area contributed by atoms with E-state index in [1.54, 1.807) is 24.3 Å². The summed E-state index contributed by atoms with van der Waals surface area (Å²) in [5, 5.41) is 9.01. The molecule has 0 saturated carbocycles. The van der Waals surface area contributed by atoms with Crippen molar-refractivity contribution >= 4 is 29.4 Å². The number of rotatable bonds is 4. The van der Waals surface area contributed by atoms with Crippen LogP contribution >= 0.6 is 11.8 Å². The fourth-order valence-corrected chi connectivity index (χ4v) is 2.23. The number of amides is 2. The molecule has 2 rings (SSSR count). The Hall–Kier alpha value is -3.12. The van der Waals surface area contributed by atoms with E-state index in [2.05, 4.69) is 20.8 Å². The molecule has 0 atom stereocenters. The van der Waals surface area contributed by atoms with Crippen molar-refractivity contribution in [3.05, 3.63) is 47.2 Å². The Bertz CT molecular complexity index is 801. The van der Waals surface area contributed by atoms with Gasteiger partial charge in [0.25, 0.3) is 5.91 Å². The zero-order valence-corrected chi connectivity index (χ0v) is 13.6. The number of hydrogen-bond acceptors (Lipinski definition) is 7. The van der Waals surface area contributed by atoms with Crippen LogP contribution in [0.5, 0.6) is 0 Å². The molecule has 24 heavy (non-hydrogen) atoms. The first-order valence-corrected chi connectivity index (χ1v) is 7.79. The predicted octanol–water partition coefficient (Wildman–Crippen LogP) is 0.792. The highest BCUT2D eigenvalue weighted by Crippen LogP contribution is 2.15. The van der Waals surface area contributed by atoms with Crippen molar-refractivity contribution in [3.8, 4) is 6.07 Å². The predicted molar refractivity (Wildman–Crippen MR) is 88.7 cm³/mol. The number of carbonyl (C=O) groups excluding carboxylic acids is 2. The standard InChI is InChI=1S/C15H14N6O2S/c1-9-2-4-10(5-3-9)14(23)21-20-12(22)8-24-15-18-7-11(6-16)13(17)19-15/h2-5,7H,8H2,1H3,(H,20,22)(H,21,23)(H2,17,18,19). The van der Waals surface area contributed by atoms with E-state index in [0.717, 1.165) is 17.3 Å². The van der Waals surface area contributed by atoms with Crippen LogP contribution in [0.1, 0.15) is 21.5 Å². The quantitative estimate of drug-likeness (QED) is 0.425. The minimum atomic E-state index is -0.424. The van der Waals surface area contributed by atoms with Crippen LogP contribution in [0.25, 0.3) is 0 Å². The van der Waals surface area contributed by atoms with Gasteiger partial charge in [-0.05, 0) is 19.1 Å². The monoisotopic (exact) mass is 342 g/mol. The lowest BCUT2D eigenvalue weighted by Gasteiger charge is -2.07. The van der Waals surface area contributed by atoms with Gasteiger partial charge in [-0.2, -0.15) is 5.26 Å². The van der Waals surface area contributed by atoms with E-state index in [4.69, 9.17) is 11.0 Å². The maximum atomic E-state index is 11.8. The summed E-state index contributed by atoms with van der Waals surface area (Å²) in [4.78, 5) is 31.4. The van der Waals surface area contributed by atoms with Crippen molar-refractivity contribution in [2.75, 3.05) is 11.5 Å². The van der Waals surface area contributed by atoms with E-state index in [9.17, 15) is 9.59 Å². The van der Waals surface area contributed by atoms with Gasteiger partial charge in [-0.25, -0.2) is 9.97 Å². The molecule has 0 saturated heterocycles. The number of hydrazine groups is 1. The first-order chi connectivity index (χ1) is 11.5. The lowest BCUT2D eigenvalue weighted by Crippen LogP contribution is -2.42. The number of carbonyl (C=O) groups is 2. The number of hydrogen-bond donors (Lipinski definition) is 3. The smallest absolute Gasteiger partial charge is 0.269 e. The first kappa shape index (κ1) is 17.2. The maximum Gasteiger partial charge on any atom is 0.269 e. The number of nitrogens with zero attached hydrogens (tertiary/aromatic N) is 3. The van der Waals surface area contributed by atoms with Crippen molar-refractivity contribution in [1.29, 1.82) is 5.26 Å². The number of benzene rings is 1. The lowest BCUT2D eigenvalue weighted by atomic mass is 10.1. The molecular weight excluding hydrogens is 328 g/mol. The molecule has 0 fully saturated rings. The summed E-state index contributed by atoms with van der Waals surface area (Å²) >= 11 is 1.04. The summed E-state index contributed by atoms with van der Waals surface area (Å²) in [6, 6.07) is 8.79. The van der Waals surface area contributed by atoms with Gasteiger partial charge < -0.3 is 5.73 Å². The molecule has 0 aliphatic rings. The largest absolute Gasteiger partial charge is 0.382 e. The molecule has 1 aromatic heterocycles. The van der Waals surface area contributed by atoms with Gasteiger partial charge in [-0.15, -0.1) is 0 Å². The fraction of sp³-hybridized carbons (Fsp3) is 0.133. The van der Waals surface area contributed by atoms with Crippen molar-refractivity contribution in [2.24, 2.45) is 0 Å².